The van der Waals surface area contributed by atoms with Crippen LogP contribution in [0.5, 0.6) is 0 Å². The summed E-state index contributed by atoms with van der Waals surface area (Å²) in [4.78, 5) is 34.9. The van der Waals surface area contributed by atoms with Gasteiger partial charge in [-0.2, -0.15) is 9.61 Å². The molecule has 4 aromatic rings. The van der Waals surface area contributed by atoms with E-state index in [0.717, 1.165) is 27.6 Å². The maximum Gasteiger partial charge on any atom is 0.415 e. The molecule has 1 amide bonds. The van der Waals surface area contributed by atoms with Crippen molar-refractivity contribution in [3.05, 3.63) is 47.3 Å². The average Bonchev–Trinajstić information content (AvgIpc) is 3.35. The van der Waals surface area contributed by atoms with Crippen LogP contribution >= 0.6 is 0 Å². The maximum atomic E-state index is 12.9. The number of ether oxygens (including phenoxy) is 2. The lowest BCUT2D eigenvalue weighted by atomic mass is 10.0. The lowest BCUT2D eigenvalue weighted by molar-refractivity contribution is 0.0527. The first kappa shape index (κ1) is 23.3. The van der Waals surface area contributed by atoms with E-state index < -0.39 is 17.7 Å². The summed E-state index contributed by atoms with van der Waals surface area (Å²) < 4.78 is 12.2. The lowest BCUT2D eigenvalue weighted by Crippen LogP contribution is -2.35. The minimum atomic E-state index is -0.674. The molecule has 0 fully saturated rings. The summed E-state index contributed by atoms with van der Waals surface area (Å²) >= 11 is 0. The van der Waals surface area contributed by atoms with Gasteiger partial charge in [0.25, 0.3) is 0 Å². The highest BCUT2D eigenvalue weighted by Gasteiger charge is 2.26. The van der Waals surface area contributed by atoms with E-state index >= 15 is 0 Å². The fourth-order valence-electron chi connectivity index (χ4n) is 3.91. The van der Waals surface area contributed by atoms with Crippen LogP contribution in [0, 0.1) is 13.8 Å². The first-order valence-electron chi connectivity index (χ1n) is 11.1. The summed E-state index contributed by atoms with van der Waals surface area (Å²) in [7, 11) is 1.60. The number of hydrogen-bond acceptors (Lipinski definition) is 6. The Labute approximate surface area is 197 Å². The van der Waals surface area contributed by atoms with Gasteiger partial charge in [-0.1, -0.05) is 11.6 Å². The van der Waals surface area contributed by atoms with Gasteiger partial charge in [0.05, 0.1) is 18.5 Å². The van der Waals surface area contributed by atoms with Crippen LogP contribution in [0.2, 0.25) is 0 Å². The molecule has 0 aliphatic carbocycles. The number of hydrogen-bond donors (Lipinski definition) is 1. The molecule has 0 unspecified atom stereocenters. The van der Waals surface area contributed by atoms with Crippen molar-refractivity contribution in [2.45, 2.75) is 47.1 Å². The van der Waals surface area contributed by atoms with Gasteiger partial charge in [-0.05, 0) is 53.2 Å². The van der Waals surface area contributed by atoms with Crippen LogP contribution in [-0.4, -0.2) is 50.9 Å². The monoisotopic (exact) mass is 463 g/mol. The number of aromatic amines is 1. The summed E-state index contributed by atoms with van der Waals surface area (Å²) in [6, 6.07) is 5.95. The Morgan fingerprint density at radius 3 is 2.59 bits per heavy atom. The van der Waals surface area contributed by atoms with Crippen molar-refractivity contribution in [3.63, 3.8) is 0 Å². The molecule has 4 rings (SSSR count). The number of benzene rings is 1. The molecule has 34 heavy (non-hydrogen) atoms. The Balaban J connectivity index is 1.95. The van der Waals surface area contributed by atoms with Gasteiger partial charge in [0.1, 0.15) is 17.0 Å². The van der Waals surface area contributed by atoms with E-state index in [1.807, 2.05) is 20.0 Å². The van der Waals surface area contributed by atoms with Gasteiger partial charge in [-0.3, -0.25) is 4.90 Å². The number of H-pyrrole nitrogens is 1. The zero-order valence-electron chi connectivity index (χ0n) is 20.5. The van der Waals surface area contributed by atoms with Crippen molar-refractivity contribution in [3.8, 4) is 11.3 Å². The number of carbonyl (C=O) groups excluding carboxylic acids is 2. The summed E-state index contributed by atoms with van der Waals surface area (Å²) in [5.41, 5.74) is 4.50. The average molecular weight is 464 g/mol. The quantitative estimate of drug-likeness (QED) is 0.425. The van der Waals surface area contributed by atoms with Crippen molar-refractivity contribution < 1.29 is 19.1 Å². The molecular weight excluding hydrogens is 434 g/mol. The van der Waals surface area contributed by atoms with Gasteiger partial charge in [-0.15, -0.1) is 0 Å². The molecule has 0 aliphatic heterocycles. The largest absolute Gasteiger partial charge is 0.462 e. The molecule has 0 bridgehead atoms. The van der Waals surface area contributed by atoms with Crippen LogP contribution in [0.15, 0.2) is 30.6 Å². The molecule has 0 atom stereocenters. The third kappa shape index (κ3) is 4.21. The molecule has 1 N–H and O–H groups in total. The third-order valence-corrected chi connectivity index (χ3v) is 5.37. The van der Waals surface area contributed by atoms with Crippen molar-refractivity contribution >= 4 is 34.4 Å². The Morgan fingerprint density at radius 1 is 1.18 bits per heavy atom. The van der Waals surface area contributed by atoms with Crippen molar-refractivity contribution in [1.82, 2.24) is 19.6 Å². The number of fused-ring (bicyclic) bond motifs is 2. The molecular formula is C25H29N5O4. The minimum Gasteiger partial charge on any atom is -0.462 e. The zero-order valence-corrected chi connectivity index (χ0v) is 20.5. The Bertz CT molecular complexity index is 1410. The van der Waals surface area contributed by atoms with Crippen LogP contribution in [0.25, 0.3) is 27.8 Å². The second-order valence-corrected chi connectivity index (χ2v) is 9.26. The lowest BCUT2D eigenvalue weighted by Gasteiger charge is -2.25. The van der Waals surface area contributed by atoms with Crippen molar-refractivity contribution in [2.24, 2.45) is 0 Å². The predicted molar refractivity (Wildman–Crippen MR) is 130 cm³/mol. The Morgan fingerprint density at radius 2 is 1.91 bits per heavy atom. The summed E-state index contributed by atoms with van der Waals surface area (Å²) in [6.07, 6.45) is 2.73. The third-order valence-electron chi connectivity index (χ3n) is 5.37. The van der Waals surface area contributed by atoms with E-state index in [2.05, 4.69) is 22.2 Å². The molecule has 178 valence electrons. The molecule has 0 saturated carbocycles. The summed E-state index contributed by atoms with van der Waals surface area (Å²) in [5.74, 6) is -0.123. The Kier molecular flexibility index (Phi) is 5.80. The Hall–Kier alpha value is -3.88. The SMILES string of the molecule is CCOC(=O)c1cnn2c(N(C)C(=O)OC(C)(C)C)cc(-c3c[nH]c4c(C)cc(C)cc34)nc12. The second-order valence-electron chi connectivity index (χ2n) is 9.26. The molecule has 0 radical (unpaired) electrons. The van der Waals surface area contributed by atoms with Crippen molar-refractivity contribution in [2.75, 3.05) is 18.6 Å². The summed E-state index contributed by atoms with van der Waals surface area (Å²) in [5, 5.41) is 5.33. The number of aryl methyl sites for hydroxylation is 2. The van der Waals surface area contributed by atoms with Gasteiger partial charge >= 0.3 is 12.1 Å². The molecule has 0 saturated heterocycles. The van der Waals surface area contributed by atoms with Crippen LogP contribution in [0.3, 0.4) is 0 Å². The van der Waals surface area contributed by atoms with E-state index in [1.54, 1.807) is 40.8 Å². The smallest absolute Gasteiger partial charge is 0.415 e. The van der Waals surface area contributed by atoms with E-state index in [1.165, 1.54) is 15.6 Å². The molecule has 9 heteroatoms. The normalized spacial score (nSPS) is 11.7. The number of amides is 1. The number of carbonyl (C=O) groups is 2. The minimum absolute atomic E-state index is 0.217. The van der Waals surface area contributed by atoms with Gasteiger partial charge in [0, 0.05) is 35.8 Å². The fraction of sp³-hybridized carbons (Fsp3) is 0.360. The first-order valence-corrected chi connectivity index (χ1v) is 11.1. The van der Waals surface area contributed by atoms with Crippen LogP contribution in [0.1, 0.15) is 49.2 Å². The number of nitrogens with one attached hydrogen (secondary N) is 1. The van der Waals surface area contributed by atoms with Crippen LogP contribution < -0.4 is 4.90 Å². The van der Waals surface area contributed by atoms with Crippen LogP contribution in [0.4, 0.5) is 10.6 Å². The van der Waals surface area contributed by atoms with Gasteiger partial charge in [-0.25, -0.2) is 14.6 Å². The zero-order chi connectivity index (χ0) is 24.8. The maximum absolute atomic E-state index is 12.9. The molecule has 0 spiro atoms. The number of esters is 1. The van der Waals surface area contributed by atoms with Gasteiger partial charge < -0.3 is 14.5 Å². The van der Waals surface area contributed by atoms with E-state index in [0.29, 0.717) is 17.2 Å². The molecule has 3 aromatic heterocycles. The molecule has 0 aliphatic rings. The highest BCUT2D eigenvalue weighted by Crippen LogP contribution is 2.33. The topological polar surface area (TPSA) is 102 Å². The number of rotatable bonds is 4. The second kappa shape index (κ2) is 8.48. The van der Waals surface area contributed by atoms with Gasteiger partial charge in [0.2, 0.25) is 0 Å². The first-order chi connectivity index (χ1) is 16.0. The molecule has 9 nitrogen and oxygen atoms in total. The molecule has 1 aromatic carbocycles. The van der Waals surface area contributed by atoms with E-state index in [9.17, 15) is 9.59 Å². The molecule has 3 heterocycles. The standard InChI is InChI=1S/C25H29N5O4/c1-8-33-23(31)18-13-27-30-20(29(7)24(32)34-25(4,5)6)11-19(28-22(18)30)17-12-26-21-15(3)9-14(2)10-16(17)21/h9-13,26H,8H2,1-7H3. The highest BCUT2D eigenvalue weighted by molar-refractivity contribution is 6.00. The van der Waals surface area contributed by atoms with Gasteiger partial charge in [0.15, 0.2) is 5.65 Å². The highest BCUT2D eigenvalue weighted by atomic mass is 16.6. The number of anilines is 1. The fourth-order valence-corrected chi connectivity index (χ4v) is 3.91. The summed E-state index contributed by atoms with van der Waals surface area (Å²) in [6.45, 7) is 11.4. The number of nitrogens with zero attached hydrogens (tertiary/aromatic N) is 4. The van der Waals surface area contributed by atoms with Crippen molar-refractivity contribution in [1.29, 1.82) is 0 Å². The van der Waals surface area contributed by atoms with E-state index in [4.69, 9.17) is 14.5 Å². The van der Waals surface area contributed by atoms with Crippen LogP contribution in [-0.2, 0) is 9.47 Å². The van der Waals surface area contributed by atoms with E-state index in [-0.39, 0.29) is 12.2 Å². The number of aromatic nitrogens is 4. The predicted octanol–water partition coefficient (Wildman–Crippen LogP) is 5.04.